The van der Waals surface area contributed by atoms with Crippen LogP contribution in [0.25, 0.3) is 11.3 Å². The summed E-state index contributed by atoms with van der Waals surface area (Å²) in [4.78, 5) is 12.1. The number of nitrogens with zero attached hydrogens (tertiary/aromatic N) is 3. The number of hydrogen-bond acceptors (Lipinski definition) is 3. The molecule has 2 N–H and O–H groups in total. The fourth-order valence-corrected chi connectivity index (χ4v) is 2.66. The Morgan fingerprint density at radius 1 is 1.33 bits per heavy atom. The second-order valence-electron chi connectivity index (χ2n) is 5.20. The maximum absolute atomic E-state index is 12.1. The minimum Gasteiger partial charge on any atom is -0.351 e. The van der Waals surface area contributed by atoms with Crippen LogP contribution >= 0.6 is 27.5 Å². The summed E-state index contributed by atoms with van der Waals surface area (Å²) in [5.41, 5.74) is 2.04. The highest BCUT2D eigenvalue weighted by atomic mass is 79.9. The van der Waals surface area contributed by atoms with Gasteiger partial charge in [0.1, 0.15) is 5.69 Å². The van der Waals surface area contributed by atoms with Crippen molar-refractivity contribution in [3.63, 3.8) is 0 Å². The molecule has 0 saturated carbocycles. The van der Waals surface area contributed by atoms with Crippen LogP contribution in [-0.2, 0) is 6.54 Å². The van der Waals surface area contributed by atoms with Crippen LogP contribution in [0.15, 0.2) is 47.2 Å². The van der Waals surface area contributed by atoms with Crippen LogP contribution in [0.1, 0.15) is 16.9 Å². The topological polar surface area (TPSA) is 75.6 Å². The largest absolute Gasteiger partial charge is 0.351 e. The lowest BCUT2D eigenvalue weighted by Crippen LogP contribution is -2.25. The van der Waals surface area contributed by atoms with E-state index < -0.39 is 0 Å². The highest BCUT2D eigenvalue weighted by Gasteiger charge is 2.10. The Morgan fingerprint density at radius 3 is 2.83 bits per heavy atom. The van der Waals surface area contributed by atoms with Gasteiger partial charge in [0.05, 0.1) is 16.4 Å². The molecule has 1 amide bonds. The van der Waals surface area contributed by atoms with Gasteiger partial charge in [0.15, 0.2) is 0 Å². The van der Waals surface area contributed by atoms with Gasteiger partial charge in [-0.25, -0.2) is 0 Å². The van der Waals surface area contributed by atoms with E-state index in [0.717, 1.165) is 23.0 Å². The zero-order chi connectivity index (χ0) is 16.9. The molecule has 24 heavy (non-hydrogen) atoms. The normalized spacial score (nSPS) is 10.8. The van der Waals surface area contributed by atoms with Gasteiger partial charge in [-0.15, -0.1) is 0 Å². The van der Waals surface area contributed by atoms with E-state index in [-0.39, 0.29) is 5.91 Å². The predicted molar refractivity (Wildman–Crippen MR) is 95.9 cm³/mol. The number of halogens is 2. The van der Waals surface area contributed by atoms with Crippen molar-refractivity contribution in [1.29, 1.82) is 0 Å². The summed E-state index contributed by atoms with van der Waals surface area (Å²) >= 11 is 9.22. The Balaban J connectivity index is 1.51. The molecule has 0 bridgehead atoms. The van der Waals surface area contributed by atoms with Gasteiger partial charge >= 0.3 is 0 Å². The van der Waals surface area contributed by atoms with E-state index in [2.05, 4.69) is 36.5 Å². The van der Waals surface area contributed by atoms with Gasteiger partial charge < -0.3 is 5.32 Å². The SMILES string of the molecule is O=C(NCCCn1cc(Br)cn1)c1cc(-c2ccc(Cl)cc2)n[nH]1. The molecule has 2 aromatic heterocycles. The molecule has 6 nitrogen and oxygen atoms in total. The number of carbonyl (C=O) groups is 1. The average Bonchev–Trinajstić information content (AvgIpc) is 3.21. The summed E-state index contributed by atoms with van der Waals surface area (Å²) in [5, 5.41) is 14.6. The Morgan fingerprint density at radius 2 is 2.12 bits per heavy atom. The van der Waals surface area contributed by atoms with E-state index in [0.29, 0.717) is 23.0 Å². The first-order valence-electron chi connectivity index (χ1n) is 7.39. The number of aromatic amines is 1. The summed E-state index contributed by atoms with van der Waals surface area (Å²) in [7, 11) is 0. The van der Waals surface area contributed by atoms with E-state index in [1.807, 2.05) is 23.0 Å². The second-order valence-corrected chi connectivity index (χ2v) is 6.56. The number of aromatic nitrogens is 4. The Labute approximate surface area is 152 Å². The highest BCUT2D eigenvalue weighted by molar-refractivity contribution is 9.10. The van der Waals surface area contributed by atoms with Crippen molar-refractivity contribution in [3.05, 3.63) is 57.9 Å². The van der Waals surface area contributed by atoms with Crippen LogP contribution in [0, 0.1) is 0 Å². The summed E-state index contributed by atoms with van der Waals surface area (Å²) in [6.07, 6.45) is 4.43. The van der Waals surface area contributed by atoms with Gasteiger partial charge in [-0.05, 0) is 40.5 Å². The number of H-pyrrole nitrogens is 1. The first-order valence-corrected chi connectivity index (χ1v) is 8.56. The third kappa shape index (κ3) is 4.24. The molecule has 0 saturated heterocycles. The predicted octanol–water partition coefficient (Wildman–Crippen LogP) is 3.51. The zero-order valence-corrected chi connectivity index (χ0v) is 15.0. The lowest BCUT2D eigenvalue weighted by atomic mass is 10.1. The quantitative estimate of drug-likeness (QED) is 0.613. The molecular formula is C16H15BrClN5O. The Bertz CT molecular complexity index is 827. The number of amides is 1. The molecule has 8 heteroatoms. The molecule has 3 rings (SSSR count). The number of aryl methyl sites for hydroxylation is 1. The van der Waals surface area contributed by atoms with Crippen molar-refractivity contribution in [2.75, 3.05) is 6.54 Å². The van der Waals surface area contributed by atoms with Crippen LogP contribution in [0.2, 0.25) is 5.02 Å². The lowest BCUT2D eigenvalue weighted by Gasteiger charge is -2.03. The fourth-order valence-electron chi connectivity index (χ4n) is 2.21. The van der Waals surface area contributed by atoms with Gasteiger partial charge in [0.2, 0.25) is 0 Å². The molecule has 0 spiro atoms. The van der Waals surface area contributed by atoms with Crippen LogP contribution in [0.3, 0.4) is 0 Å². The molecule has 0 fully saturated rings. The van der Waals surface area contributed by atoms with Gasteiger partial charge in [-0.2, -0.15) is 10.2 Å². The average molecular weight is 409 g/mol. The van der Waals surface area contributed by atoms with Crippen molar-refractivity contribution < 1.29 is 4.79 Å². The molecule has 2 heterocycles. The number of hydrogen-bond donors (Lipinski definition) is 2. The van der Waals surface area contributed by atoms with Crippen molar-refractivity contribution >= 4 is 33.4 Å². The molecule has 0 unspecified atom stereocenters. The van der Waals surface area contributed by atoms with Gasteiger partial charge in [0.25, 0.3) is 5.91 Å². The van der Waals surface area contributed by atoms with Crippen LogP contribution < -0.4 is 5.32 Å². The molecular weight excluding hydrogens is 394 g/mol. The minimum atomic E-state index is -0.177. The number of nitrogens with one attached hydrogen (secondary N) is 2. The van der Waals surface area contributed by atoms with Crippen molar-refractivity contribution in [2.24, 2.45) is 0 Å². The first kappa shape index (κ1) is 16.7. The highest BCUT2D eigenvalue weighted by Crippen LogP contribution is 2.20. The monoisotopic (exact) mass is 407 g/mol. The summed E-state index contributed by atoms with van der Waals surface area (Å²) < 4.78 is 2.77. The van der Waals surface area contributed by atoms with Gasteiger partial charge in [-0.3, -0.25) is 14.6 Å². The van der Waals surface area contributed by atoms with Crippen molar-refractivity contribution in [2.45, 2.75) is 13.0 Å². The fraction of sp³-hybridized carbons (Fsp3) is 0.188. The minimum absolute atomic E-state index is 0.177. The van der Waals surface area contributed by atoms with Gasteiger partial charge in [-0.1, -0.05) is 23.7 Å². The van der Waals surface area contributed by atoms with Crippen LogP contribution in [-0.4, -0.2) is 32.4 Å². The Hall–Kier alpha value is -2.12. The number of benzene rings is 1. The second kappa shape index (κ2) is 7.63. The molecule has 0 aliphatic rings. The summed E-state index contributed by atoms with van der Waals surface area (Å²) in [6.45, 7) is 1.30. The molecule has 0 aliphatic heterocycles. The van der Waals surface area contributed by atoms with E-state index in [4.69, 9.17) is 11.6 Å². The van der Waals surface area contributed by atoms with Crippen LogP contribution in [0.5, 0.6) is 0 Å². The third-order valence-electron chi connectivity index (χ3n) is 3.41. The van der Waals surface area contributed by atoms with Crippen molar-refractivity contribution in [1.82, 2.24) is 25.3 Å². The van der Waals surface area contributed by atoms with Crippen LogP contribution in [0.4, 0.5) is 0 Å². The summed E-state index contributed by atoms with van der Waals surface area (Å²) in [5.74, 6) is -0.177. The molecule has 1 aromatic carbocycles. The smallest absolute Gasteiger partial charge is 0.269 e. The zero-order valence-electron chi connectivity index (χ0n) is 12.7. The molecule has 0 atom stereocenters. The summed E-state index contributed by atoms with van der Waals surface area (Å²) in [6, 6.07) is 9.03. The molecule has 0 aliphatic carbocycles. The third-order valence-corrected chi connectivity index (χ3v) is 4.08. The Kier molecular flexibility index (Phi) is 5.32. The maximum Gasteiger partial charge on any atom is 0.269 e. The van der Waals surface area contributed by atoms with E-state index in [9.17, 15) is 4.79 Å². The first-order chi connectivity index (χ1) is 11.6. The molecule has 124 valence electrons. The lowest BCUT2D eigenvalue weighted by molar-refractivity contribution is 0.0947. The van der Waals surface area contributed by atoms with Crippen molar-refractivity contribution in [3.8, 4) is 11.3 Å². The standard InChI is InChI=1S/C16H15BrClN5O/c17-12-9-20-23(10-12)7-1-6-19-16(24)15-8-14(21-22-15)11-2-4-13(18)5-3-11/h2-5,8-10H,1,6-7H2,(H,19,24)(H,21,22). The number of rotatable bonds is 6. The van der Waals surface area contributed by atoms with E-state index in [1.165, 1.54) is 0 Å². The molecule has 3 aromatic rings. The van der Waals surface area contributed by atoms with Gasteiger partial charge in [0, 0.05) is 29.9 Å². The maximum atomic E-state index is 12.1. The molecule has 0 radical (unpaired) electrons. The van der Waals surface area contributed by atoms with E-state index in [1.54, 1.807) is 24.4 Å². The van der Waals surface area contributed by atoms with E-state index >= 15 is 0 Å². The number of carbonyl (C=O) groups excluding carboxylic acids is 1.